The number of hydrogen-bond donors (Lipinski definition) is 3. The summed E-state index contributed by atoms with van der Waals surface area (Å²) in [6, 6.07) is -0.203. The highest BCUT2D eigenvalue weighted by Gasteiger charge is 2.26. The van der Waals surface area contributed by atoms with Crippen molar-refractivity contribution in [2.45, 2.75) is 65.8 Å². The van der Waals surface area contributed by atoms with Crippen molar-refractivity contribution in [3.05, 3.63) is 0 Å². The standard InChI is InChI=1S/C15H32N2O2/c1-5-8-9-10-16-14(19)13(4)17-11-15(6-2,7-3)12-18/h13,17-18H,5-12H2,1-4H3,(H,16,19). The van der Waals surface area contributed by atoms with Crippen LogP contribution in [0.5, 0.6) is 0 Å². The molecule has 0 aliphatic carbocycles. The van der Waals surface area contributed by atoms with Crippen molar-refractivity contribution >= 4 is 5.91 Å². The zero-order valence-corrected chi connectivity index (χ0v) is 13.1. The second-order valence-electron chi connectivity index (χ2n) is 5.47. The molecule has 1 atom stereocenters. The summed E-state index contributed by atoms with van der Waals surface area (Å²) in [5, 5.41) is 15.7. The third kappa shape index (κ3) is 6.92. The third-order valence-corrected chi connectivity index (χ3v) is 4.09. The lowest BCUT2D eigenvalue weighted by Crippen LogP contribution is -2.47. The van der Waals surface area contributed by atoms with E-state index in [4.69, 9.17) is 0 Å². The van der Waals surface area contributed by atoms with E-state index in [0.717, 1.165) is 38.6 Å². The maximum atomic E-state index is 11.9. The number of hydrogen-bond acceptors (Lipinski definition) is 3. The molecule has 1 amide bonds. The second kappa shape index (κ2) is 10.2. The summed E-state index contributed by atoms with van der Waals surface area (Å²) in [4.78, 5) is 11.9. The molecule has 0 aromatic carbocycles. The Morgan fingerprint density at radius 3 is 2.32 bits per heavy atom. The Kier molecular flexibility index (Phi) is 9.88. The lowest BCUT2D eigenvalue weighted by atomic mass is 9.83. The summed E-state index contributed by atoms with van der Waals surface area (Å²) in [6.07, 6.45) is 5.19. The fourth-order valence-electron chi connectivity index (χ4n) is 1.98. The van der Waals surface area contributed by atoms with Gasteiger partial charge in [-0.25, -0.2) is 0 Å². The number of unbranched alkanes of at least 4 members (excludes halogenated alkanes) is 2. The quantitative estimate of drug-likeness (QED) is 0.505. The Bertz CT molecular complexity index is 232. The van der Waals surface area contributed by atoms with Crippen LogP contribution in [0.4, 0.5) is 0 Å². The summed E-state index contributed by atoms with van der Waals surface area (Å²) < 4.78 is 0. The van der Waals surface area contributed by atoms with Crippen molar-refractivity contribution in [3.63, 3.8) is 0 Å². The van der Waals surface area contributed by atoms with Gasteiger partial charge in [0.2, 0.25) is 5.91 Å². The van der Waals surface area contributed by atoms with Crippen LogP contribution in [-0.4, -0.2) is 36.8 Å². The molecular formula is C15H32N2O2. The van der Waals surface area contributed by atoms with Gasteiger partial charge in [0, 0.05) is 25.1 Å². The van der Waals surface area contributed by atoms with Gasteiger partial charge in [-0.15, -0.1) is 0 Å². The molecule has 0 rings (SSSR count). The van der Waals surface area contributed by atoms with Gasteiger partial charge in [0.15, 0.2) is 0 Å². The number of aliphatic hydroxyl groups is 1. The smallest absolute Gasteiger partial charge is 0.236 e. The van der Waals surface area contributed by atoms with Crippen LogP contribution in [0, 0.1) is 5.41 Å². The molecule has 0 fully saturated rings. The van der Waals surface area contributed by atoms with Crippen molar-refractivity contribution in [3.8, 4) is 0 Å². The van der Waals surface area contributed by atoms with Crippen molar-refractivity contribution in [1.29, 1.82) is 0 Å². The van der Waals surface area contributed by atoms with Crippen LogP contribution in [-0.2, 0) is 4.79 Å². The molecule has 0 heterocycles. The van der Waals surface area contributed by atoms with Crippen molar-refractivity contribution in [1.82, 2.24) is 10.6 Å². The molecule has 3 N–H and O–H groups in total. The first-order valence-corrected chi connectivity index (χ1v) is 7.67. The molecule has 4 heteroatoms. The molecule has 0 aliphatic heterocycles. The number of amides is 1. The van der Waals surface area contributed by atoms with Gasteiger partial charge in [-0.05, 0) is 26.2 Å². The minimum Gasteiger partial charge on any atom is -0.396 e. The van der Waals surface area contributed by atoms with E-state index < -0.39 is 0 Å². The number of nitrogens with one attached hydrogen (secondary N) is 2. The molecule has 0 aromatic heterocycles. The highest BCUT2D eigenvalue weighted by atomic mass is 16.3. The summed E-state index contributed by atoms with van der Waals surface area (Å²) in [7, 11) is 0. The van der Waals surface area contributed by atoms with Crippen LogP contribution in [0.25, 0.3) is 0 Å². The Labute approximate surface area is 118 Å². The molecule has 0 bridgehead atoms. The van der Waals surface area contributed by atoms with E-state index in [2.05, 4.69) is 31.4 Å². The Morgan fingerprint density at radius 1 is 1.21 bits per heavy atom. The maximum absolute atomic E-state index is 11.9. The molecule has 114 valence electrons. The molecule has 1 unspecified atom stereocenters. The first-order chi connectivity index (χ1) is 9.05. The van der Waals surface area contributed by atoms with Crippen molar-refractivity contribution in [2.75, 3.05) is 19.7 Å². The Morgan fingerprint density at radius 2 is 1.84 bits per heavy atom. The van der Waals surface area contributed by atoms with E-state index in [9.17, 15) is 9.90 Å². The van der Waals surface area contributed by atoms with E-state index in [1.54, 1.807) is 0 Å². The summed E-state index contributed by atoms with van der Waals surface area (Å²) in [5.41, 5.74) is -0.100. The van der Waals surface area contributed by atoms with Gasteiger partial charge in [0.25, 0.3) is 0 Å². The minimum absolute atomic E-state index is 0.0511. The number of carbonyl (C=O) groups is 1. The van der Waals surface area contributed by atoms with Gasteiger partial charge in [-0.2, -0.15) is 0 Å². The molecule has 0 spiro atoms. The van der Waals surface area contributed by atoms with Crippen LogP contribution < -0.4 is 10.6 Å². The molecule has 0 aromatic rings. The Balaban J connectivity index is 4.01. The third-order valence-electron chi connectivity index (χ3n) is 4.09. The van der Waals surface area contributed by atoms with Gasteiger partial charge in [-0.1, -0.05) is 33.6 Å². The Hall–Kier alpha value is -0.610. The van der Waals surface area contributed by atoms with Crippen LogP contribution in [0.15, 0.2) is 0 Å². The fourth-order valence-corrected chi connectivity index (χ4v) is 1.98. The van der Waals surface area contributed by atoms with Crippen LogP contribution in [0.2, 0.25) is 0 Å². The summed E-state index contributed by atoms with van der Waals surface area (Å²) >= 11 is 0. The van der Waals surface area contributed by atoms with E-state index in [1.165, 1.54) is 0 Å². The minimum atomic E-state index is -0.203. The lowest BCUT2D eigenvalue weighted by molar-refractivity contribution is -0.122. The van der Waals surface area contributed by atoms with Gasteiger partial charge in [0.1, 0.15) is 0 Å². The number of carbonyl (C=O) groups excluding carboxylic acids is 1. The highest BCUT2D eigenvalue weighted by molar-refractivity contribution is 5.81. The van der Waals surface area contributed by atoms with Crippen LogP contribution in [0.3, 0.4) is 0 Å². The van der Waals surface area contributed by atoms with Crippen molar-refractivity contribution < 1.29 is 9.90 Å². The fraction of sp³-hybridized carbons (Fsp3) is 0.933. The number of rotatable bonds is 11. The van der Waals surface area contributed by atoms with Gasteiger partial charge < -0.3 is 15.7 Å². The topological polar surface area (TPSA) is 61.4 Å². The monoisotopic (exact) mass is 272 g/mol. The van der Waals surface area contributed by atoms with Gasteiger partial charge in [0.05, 0.1) is 6.04 Å². The average molecular weight is 272 g/mol. The number of aliphatic hydroxyl groups excluding tert-OH is 1. The molecular weight excluding hydrogens is 240 g/mol. The van der Waals surface area contributed by atoms with E-state index >= 15 is 0 Å². The van der Waals surface area contributed by atoms with Crippen molar-refractivity contribution in [2.24, 2.45) is 5.41 Å². The van der Waals surface area contributed by atoms with Gasteiger partial charge >= 0.3 is 0 Å². The first kappa shape index (κ1) is 18.4. The predicted octanol–water partition coefficient (Wildman–Crippen LogP) is 2.07. The molecule has 0 aliphatic rings. The van der Waals surface area contributed by atoms with Gasteiger partial charge in [-0.3, -0.25) is 4.79 Å². The van der Waals surface area contributed by atoms with E-state index in [-0.39, 0.29) is 24.0 Å². The second-order valence-corrected chi connectivity index (χ2v) is 5.47. The molecule has 19 heavy (non-hydrogen) atoms. The largest absolute Gasteiger partial charge is 0.396 e. The maximum Gasteiger partial charge on any atom is 0.236 e. The predicted molar refractivity (Wildman–Crippen MR) is 80.1 cm³/mol. The molecule has 4 nitrogen and oxygen atoms in total. The first-order valence-electron chi connectivity index (χ1n) is 7.67. The molecule has 0 radical (unpaired) electrons. The van der Waals surface area contributed by atoms with E-state index in [0.29, 0.717) is 6.54 Å². The SMILES string of the molecule is CCCCCNC(=O)C(C)NCC(CC)(CC)CO. The zero-order valence-electron chi connectivity index (χ0n) is 13.1. The van der Waals surface area contributed by atoms with E-state index in [1.807, 2.05) is 6.92 Å². The molecule has 0 saturated carbocycles. The molecule has 0 saturated heterocycles. The summed E-state index contributed by atoms with van der Waals surface area (Å²) in [5.74, 6) is 0.0511. The highest BCUT2D eigenvalue weighted by Crippen LogP contribution is 2.24. The zero-order chi connectivity index (χ0) is 14.7. The van der Waals surface area contributed by atoms with Crippen LogP contribution >= 0.6 is 0 Å². The normalized spacial score (nSPS) is 13.3. The van der Waals surface area contributed by atoms with Crippen LogP contribution in [0.1, 0.15) is 59.8 Å². The lowest BCUT2D eigenvalue weighted by Gasteiger charge is -2.31. The average Bonchev–Trinajstić information content (AvgIpc) is 2.45. The summed E-state index contributed by atoms with van der Waals surface area (Å²) in [6.45, 7) is 9.79.